The van der Waals surface area contributed by atoms with Crippen LogP contribution in [0.1, 0.15) is 36.0 Å². The van der Waals surface area contributed by atoms with Crippen LogP contribution in [0.5, 0.6) is 0 Å². The number of esters is 1. The third kappa shape index (κ3) is 4.04. The standard InChI is InChI=1S/C13H15Cl2N3O3/c1-21-13(20)7-2-4-8(5-3-7)16-12(19)9-6-10(14)17-18-11(9)15/h6-8H,2-5H2,1H3,(H,16,19). The molecule has 0 aromatic carbocycles. The van der Waals surface area contributed by atoms with Crippen LogP contribution in [0.4, 0.5) is 0 Å². The van der Waals surface area contributed by atoms with Gasteiger partial charge in [-0.05, 0) is 31.7 Å². The lowest BCUT2D eigenvalue weighted by atomic mass is 9.86. The first-order valence-electron chi connectivity index (χ1n) is 6.58. The molecule has 0 saturated heterocycles. The van der Waals surface area contributed by atoms with Gasteiger partial charge in [-0.15, -0.1) is 10.2 Å². The van der Waals surface area contributed by atoms with E-state index in [0.29, 0.717) is 12.8 Å². The maximum atomic E-state index is 12.1. The summed E-state index contributed by atoms with van der Waals surface area (Å²) < 4.78 is 4.73. The summed E-state index contributed by atoms with van der Waals surface area (Å²) in [4.78, 5) is 23.6. The number of ether oxygens (including phenoxy) is 1. The van der Waals surface area contributed by atoms with Gasteiger partial charge in [0, 0.05) is 6.04 Å². The molecule has 6 nitrogen and oxygen atoms in total. The fraction of sp³-hybridized carbons (Fsp3) is 0.538. The normalized spacial score (nSPS) is 21.7. The maximum absolute atomic E-state index is 12.1. The summed E-state index contributed by atoms with van der Waals surface area (Å²) in [6, 6.07) is 1.38. The van der Waals surface area contributed by atoms with E-state index < -0.39 is 0 Å². The number of rotatable bonds is 3. The first-order chi connectivity index (χ1) is 10.0. The van der Waals surface area contributed by atoms with E-state index in [2.05, 4.69) is 15.5 Å². The number of amides is 1. The topological polar surface area (TPSA) is 81.2 Å². The van der Waals surface area contributed by atoms with E-state index in [0.717, 1.165) is 12.8 Å². The van der Waals surface area contributed by atoms with Crippen molar-refractivity contribution in [1.29, 1.82) is 0 Å². The Morgan fingerprint density at radius 3 is 2.52 bits per heavy atom. The van der Waals surface area contributed by atoms with E-state index >= 15 is 0 Å². The zero-order valence-corrected chi connectivity index (χ0v) is 12.9. The smallest absolute Gasteiger partial charge is 0.308 e. The Morgan fingerprint density at radius 2 is 1.90 bits per heavy atom. The third-order valence-corrected chi connectivity index (χ3v) is 4.02. The Labute approximate surface area is 132 Å². The summed E-state index contributed by atoms with van der Waals surface area (Å²) in [5.74, 6) is -0.602. The molecule has 1 aromatic rings. The zero-order chi connectivity index (χ0) is 15.4. The Kier molecular flexibility index (Phi) is 5.36. The van der Waals surface area contributed by atoms with Crippen molar-refractivity contribution < 1.29 is 14.3 Å². The van der Waals surface area contributed by atoms with Crippen LogP contribution >= 0.6 is 23.2 Å². The number of carbonyl (C=O) groups is 2. The molecule has 1 saturated carbocycles. The Morgan fingerprint density at radius 1 is 1.24 bits per heavy atom. The van der Waals surface area contributed by atoms with E-state index in [1.807, 2.05) is 0 Å². The summed E-state index contributed by atoms with van der Waals surface area (Å²) >= 11 is 11.5. The highest BCUT2D eigenvalue weighted by Gasteiger charge is 2.28. The maximum Gasteiger partial charge on any atom is 0.308 e. The van der Waals surface area contributed by atoms with E-state index in [9.17, 15) is 9.59 Å². The van der Waals surface area contributed by atoms with E-state index in [4.69, 9.17) is 27.9 Å². The molecule has 1 aliphatic rings. The molecule has 0 atom stereocenters. The molecule has 1 amide bonds. The molecule has 1 aliphatic carbocycles. The van der Waals surface area contributed by atoms with Crippen LogP contribution in [0, 0.1) is 5.92 Å². The number of aromatic nitrogens is 2. The van der Waals surface area contributed by atoms with E-state index in [1.165, 1.54) is 13.2 Å². The van der Waals surface area contributed by atoms with Crippen molar-refractivity contribution >= 4 is 35.1 Å². The number of halogens is 2. The van der Waals surface area contributed by atoms with Crippen molar-refractivity contribution in [2.45, 2.75) is 31.7 Å². The lowest BCUT2D eigenvalue weighted by molar-refractivity contribution is -0.146. The molecule has 0 unspecified atom stereocenters. The van der Waals surface area contributed by atoms with Gasteiger partial charge < -0.3 is 10.1 Å². The van der Waals surface area contributed by atoms with Crippen molar-refractivity contribution in [3.05, 3.63) is 21.9 Å². The SMILES string of the molecule is COC(=O)C1CCC(NC(=O)c2cc(Cl)nnc2Cl)CC1. The monoisotopic (exact) mass is 331 g/mol. The molecule has 1 N–H and O–H groups in total. The largest absolute Gasteiger partial charge is 0.469 e. The summed E-state index contributed by atoms with van der Waals surface area (Å²) in [5, 5.41) is 10.2. The Balaban J connectivity index is 1.93. The van der Waals surface area contributed by atoms with E-state index in [-0.39, 0.29) is 39.7 Å². The van der Waals surface area contributed by atoms with Crippen molar-refractivity contribution in [2.75, 3.05) is 7.11 Å². The predicted molar refractivity (Wildman–Crippen MR) is 77.3 cm³/mol. The number of nitrogens with one attached hydrogen (secondary N) is 1. The highest BCUT2D eigenvalue weighted by Crippen LogP contribution is 2.26. The van der Waals surface area contributed by atoms with Crippen molar-refractivity contribution in [3.63, 3.8) is 0 Å². The van der Waals surface area contributed by atoms with Crippen LogP contribution in [0.15, 0.2) is 6.07 Å². The van der Waals surface area contributed by atoms with Gasteiger partial charge in [0.15, 0.2) is 10.3 Å². The molecule has 114 valence electrons. The average molecular weight is 332 g/mol. The number of hydrogen-bond acceptors (Lipinski definition) is 5. The minimum absolute atomic E-state index is 0.00131. The van der Waals surface area contributed by atoms with Gasteiger partial charge >= 0.3 is 5.97 Å². The fourth-order valence-corrected chi connectivity index (χ4v) is 2.74. The van der Waals surface area contributed by atoms with E-state index in [1.54, 1.807) is 0 Å². The number of hydrogen-bond donors (Lipinski definition) is 1. The fourth-order valence-electron chi connectivity index (χ4n) is 2.42. The molecule has 1 fully saturated rings. The molecular weight excluding hydrogens is 317 g/mol. The lowest BCUT2D eigenvalue weighted by Crippen LogP contribution is -2.39. The predicted octanol–water partition coefficient (Wildman–Crippen LogP) is 2.25. The van der Waals surface area contributed by atoms with Gasteiger partial charge in [0.1, 0.15) is 0 Å². The second kappa shape index (κ2) is 7.04. The quantitative estimate of drug-likeness (QED) is 0.859. The van der Waals surface area contributed by atoms with Gasteiger partial charge in [0.05, 0.1) is 18.6 Å². The van der Waals surface area contributed by atoms with Gasteiger partial charge in [0.2, 0.25) is 0 Å². The summed E-state index contributed by atoms with van der Waals surface area (Å²) in [5.41, 5.74) is 0.201. The van der Waals surface area contributed by atoms with Crippen LogP contribution in [-0.2, 0) is 9.53 Å². The minimum atomic E-state index is -0.335. The highest BCUT2D eigenvalue weighted by molar-refractivity contribution is 6.34. The van der Waals surface area contributed by atoms with Gasteiger partial charge in [-0.25, -0.2) is 0 Å². The first kappa shape index (κ1) is 16.0. The minimum Gasteiger partial charge on any atom is -0.469 e. The Hall–Kier alpha value is -1.40. The molecule has 0 radical (unpaired) electrons. The van der Waals surface area contributed by atoms with Crippen LogP contribution in [0.2, 0.25) is 10.3 Å². The molecule has 21 heavy (non-hydrogen) atoms. The van der Waals surface area contributed by atoms with Crippen LogP contribution < -0.4 is 5.32 Å². The number of methoxy groups -OCH3 is 1. The van der Waals surface area contributed by atoms with Gasteiger partial charge in [-0.2, -0.15) is 0 Å². The number of carbonyl (C=O) groups excluding carboxylic acids is 2. The van der Waals surface area contributed by atoms with Crippen molar-refractivity contribution in [1.82, 2.24) is 15.5 Å². The van der Waals surface area contributed by atoms with Crippen LogP contribution in [0.25, 0.3) is 0 Å². The molecule has 1 heterocycles. The number of nitrogens with zero attached hydrogens (tertiary/aromatic N) is 2. The lowest BCUT2D eigenvalue weighted by Gasteiger charge is -2.27. The van der Waals surface area contributed by atoms with Crippen LogP contribution in [-0.4, -0.2) is 35.2 Å². The van der Waals surface area contributed by atoms with Gasteiger partial charge in [-0.1, -0.05) is 23.2 Å². The summed E-state index contributed by atoms with van der Waals surface area (Å²) in [7, 11) is 1.39. The molecule has 0 aliphatic heterocycles. The van der Waals surface area contributed by atoms with Gasteiger partial charge in [-0.3, -0.25) is 9.59 Å². The first-order valence-corrected chi connectivity index (χ1v) is 7.34. The van der Waals surface area contributed by atoms with Crippen LogP contribution in [0.3, 0.4) is 0 Å². The second-order valence-corrected chi connectivity index (χ2v) is 5.66. The highest BCUT2D eigenvalue weighted by atomic mass is 35.5. The Bertz CT molecular complexity index is 545. The summed E-state index contributed by atoms with van der Waals surface area (Å²) in [6.45, 7) is 0. The second-order valence-electron chi connectivity index (χ2n) is 4.92. The molecule has 0 spiro atoms. The summed E-state index contributed by atoms with van der Waals surface area (Å²) in [6.07, 6.45) is 2.83. The molecule has 2 rings (SSSR count). The molecule has 1 aromatic heterocycles. The molecule has 8 heteroatoms. The third-order valence-electron chi connectivity index (χ3n) is 3.56. The average Bonchev–Trinajstić information content (AvgIpc) is 2.49. The van der Waals surface area contributed by atoms with Gasteiger partial charge in [0.25, 0.3) is 5.91 Å². The molecular formula is C13H15Cl2N3O3. The van der Waals surface area contributed by atoms with Crippen molar-refractivity contribution in [2.24, 2.45) is 5.92 Å². The molecule has 0 bridgehead atoms. The zero-order valence-electron chi connectivity index (χ0n) is 11.4. The van der Waals surface area contributed by atoms with Crippen molar-refractivity contribution in [3.8, 4) is 0 Å².